The van der Waals surface area contributed by atoms with Crippen LogP contribution >= 0.6 is 34.9 Å². The zero-order chi connectivity index (χ0) is 11.0. The van der Waals surface area contributed by atoms with Crippen LogP contribution in [0.4, 0.5) is 0 Å². The number of rotatable bonds is 2. The van der Waals surface area contributed by atoms with Crippen molar-refractivity contribution in [2.75, 3.05) is 0 Å². The first-order valence-electron chi connectivity index (χ1n) is 4.78. The average Bonchev–Trinajstić information content (AvgIpc) is 2.97. The molecular formula is C10H9N3S3. The third-order valence-electron chi connectivity index (χ3n) is 2.28. The summed E-state index contributed by atoms with van der Waals surface area (Å²) in [5.41, 5.74) is 5.98. The summed E-state index contributed by atoms with van der Waals surface area (Å²) < 4.78 is 0. The van der Waals surface area contributed by atoms with Crippen LogP contribution in [0.2, 0.25) is 0 Å². The van der Waals surface area contributed by atoms with Gasteiger partial charge in [-0.1, -0.05) is 6.07 Å². The van der Waals surface area contributed by atoms with Crippen molar-refractivity contribution in [2.45, 2.75) is 6.17 Å². The maximum Gasteiger partial charge on any atom is 0.182 e. The van der Waals surface area contributed by atoms with Crippen molar-refractivity contribution < 1.29 is 0 Å². The first kappa shape index (κ1) is 10.2. The smallest absolute Gasteiger partial charge is 0.182 e. The molecule has 1 atom stereocenters. The van der Waals surface area contributed by atoms with Gasteiger partial charge in [0.25, 0.3) is 0 Å². The molecule has 1 fully saturated rings. The van der Waals surface area contributed by atoms with Crippen molar-refractivity contribution in [3.63, 3.8) is 0 Å². The summed E-state index contributed by atoms with van der Waals surface area (Å²) in [6.45, 7) is 0. The van der Waals surface area contributed by atoms with Gasteiger partial charge in [0.15, 0.2) is 5.11 Å². The van der Waals surface area contributed by atoms with Gasteiger partial charge in [-0.15, -0.1) is 22.7 Å². The Bertz CT molecular complexity index is 503. The molecule has 3 N–H and O–H groups in total. The minimum absolute atomic E-state index is 0.0891. The van der Waals surface area contributed by atoms with Crippen LogP contribution in [0, 0.1) is 0 Å². The van der Waals surface area contributed by atoms with Crippen LogP contribution in [-0.2, 0) is 0 Å². The Balaban J connectivity index is 1.85. The summed E-state index contributed by atoms with van der Waals surface area (Å²) in [5, 5.41) is 5.90. The molecular weight excluding hydrogens is 258 g/mol. The zero-order valence-electron chi connectivity index (χ0n) is 8.19. The Morgan fingerprint density at radius 3 is 2.81 bits per heavy atom. The van der Waals surface area contributed by atoms with Gasteiger partial charge in [0.1, 0.15) is 6.17 Å². The van der Waals surface area contributed by atoms with E-state index in [1.165, 1.54) is 14.6 Å². The molecule has 1 aliphatic heterocycles. The van der Waals surface area contributed by atoms with E-state index in [1.807, 2.05) is 0 Å². The number of hydrogen-bond donors (Lipinski definition) is 3. The Kier molecular flexibility index (Phi) is 2.64. The van der Waals surface area contributed by atoms with Crippen LogP contribution in [0.15, 0.2) is 29.6 Å². The zero-order valence-corrected chi connectivity index (χ0v) is 10.6. The van der Waals surface area contributed by atoms with Gasteiger partial charge in [-0.25, -0.2) is 5.43 Å². The number of thiocarbonyl (C=S) groups is 1. The fraction of sp³-hybridized carbons (Fsp3) is 0.100. The van der Waals surface area contributed by atoms with Crippen molar-refractivity contribution in [1.29, 1.82) is 0 Å². The van der Waals surface area contributed by atoms with Crippen molar-refractivity contribution in [2.24, 2.45) is 0 Å². The number of nitrogens with one attached hydrogen (secondary N) is 3. The van der Waals surface area contributed by atoms with Crippen LogP contribution < -0.4 is 16.2 Å². The maximum absolute atomic E-state index is 5.00. The fourth-order valence-corrected chi connectivity index (χ4v) is 3.56. The first-order chi connectivity index (χ1) is 7.83. The van der Waals surface area contributed by atoms with Gasteiger partial charge < -0.3 is 5.32 Å². The lowest BCUT2D eigenvalue weighted by Gasteiger charge is -2.05. The van der Waals surface area contributed by atoms with Gasteiger partial charge >= 0.3 is 0 Å². The summed E-state index contributed by atoms with van der Waals surface area (Å²) in [5.74, 6) is 0. The van der Waals surface area contributed by atoms with E-state index in [9.17, 15) is 0 Å². The summed E-state index contributed by atoms with van der Waals surface area (Å²) in [6, 6.07) is 8.48. The Morgan fingerprint density at radius 2 is 2.12 bits per heavy atom. The van der Waals surface area contributed by atoms with E-state index in [1.54, 1.807) is 22.7 Å². The van der Waals surface area contributed by atoms with Gasteiger partial charge in [0.2, 0.25) is 0 Å². The largest absolute Gasteiger partial charge is 0.340 e. The van der Waals surface area contributed by atoms with E-state index in [0.717, 1.165) is 0 Å². The Labute approximate surface area is 106 Å². The van der Waals surface area contributed by atoms with Crippen molar-refractivity contribution in [3.8, 4) is 9.75 Å². The quantitative estimate of drug-likeness (QED) is 0.731. The predicted molar refractivity (Wildman–Crippen MR) is 72.4 cm³/mol. The van der Waals surface area contributed by atoms with Crippen LogP contribution in [0.5, 0.6) is 0 Å². The Morgan fingerprint density at radius 1 is 1.19 bits per heavy atom. The van der Waals surface area contributed by atoms with Gasteiger partial charge in [0.05, 0.1) is 0 Å². The van der Waals surface area contributed by atoms with Crippen LogP contribution in [0.1, 0.15) is 11.0 Å². The summed E-state index contributed by atoms with van der Waals surface area (Å²) in [6.07, 6.45) is 0.0891. The topological polar surface area (TPSA) is 36.1 Å². The second-order valence-electron chi connectivity index (χ2n) is 3.36. The Hall–Kier alpha value is -0.950. The van der Waals surface area contributed by atoms with Crippen LogP contribution in [0.3, 0.4) is 0 Å². The highest BCUT2D eigenvalue weighted by Crippen LogP contribution is 2.33. The normalized spacial score (nSPS) is 19.5. The molecule has 2 aromatic rings. The van der Waals surface area contributed by atoms with Crippen LogP contribution in [-0.4, -0.2) is 5.11 Å². The molecule has 0 saturated carbocycles. The van der Waals surface area contributed by atoms with E-state index >= 15 is 0 Å². The first-order valence-corrected chi connectivity index (χ1v) is 6.89. The number of thiophene rings is 2. The van der Waals surface area contributed by atoms with Crippen molar-refractivity contribution in [3.05, 3.63) is 34.5 Å². The molecule has 1 unspecified atom stereocenters. The van der Waals surface area contributed by atoms with Gasteiger partial charge in [0, 0.05) is 14.6 Å². The second kappa shape index (κ2) is 4.14. The van der Waals surface area contributed by atoms with Gasteiger partial charge in [-0.2, -0.15) is 0 Å². The van der Waals surface area contributed by atoms with E-state index in [2.05, 4.69) is 45.8 Å². The summed E-state index contributed by atoms with van der Waals surface area (Å²) in [7, 11) is 0. The molecule has 1 saturated heterocycles. The monoisotopic (exact) mass is 267 g/mol. The molecule has 82 valence electrons. The summed E-state index contributed by atoms with van der Waals surface area (Å²) in [4.78, 5) is 3.84. The highest BCUT2D eigenvalue weighted by molar-refractivity contribution is 7.80. The third-order valence-corrected chi connectivity index (χ3v) is 4.72. The standard InChI is InChI=1S/C10H9N3S3/c14-10-11-9(12-13-10)8-4-3-7(16-8)6-2-1-5-15-6/h1-5,9,12H,(H2,11,13,14). The van der Waals surface area contributed by atoms with Crippen molar-refractivity contribution >= 4 is 40.0 Å². The van der Waals surface area contributed by atoms with E-state index in [0.29, 0.717) is 5.11 Å². The molecule has 3 heterocycles. The lowest BCUT2D eigenvalue weighted by atomic mass is 10.3. The third kappa shape index (κ3) is 1.84. The number of hydrogen-bond acceptors (Lipinski definition) is 4. The average molecular weight is 267 g/mol. The lowest BCUT2D eigenvalue weighted by Crippen LogP contribution is -2.26. The highest BCUT2D eigenvalue weighted by atomic mass is 32.1. The van der Waals surface area contributed by atoms with Crippen molar-refractivity contribution in [1.82, 2.24) is 16.2 Å². The van der Waals surface area contributed by atoms with E-state index in [4.69, 9.17) is 12.2 Å². The molecule has 0 radical (unpaired) electrons. The molecule has 6 heteroatoms. The molecule has 0 spiro atoms. The molecule has 3 nitrogen and oxygen atoms in total. The number of hydrazine groups is 1. The molecule has 0 amide bonds. The highest BCUT2D eigenvalue weighted by Gasteiger charge is 2.20. The molecule has 0 aliphatic carbocycles. The predicted octanol–water partition coefficient (Wildman–Crippen LogP) is 2.46. The maximum atomic E-state index is 5.00. The van der Waals surface area contributed by atoms with E-state index in [-0.39, 0.29) is 6.17 Å². The fourth-order valence-electron chi connectivity index (χ4n) is 1.54. The van der Waals surface area contributed by atoms with Gasteiger partial charge in [-0.3, -0.25) is 5.43 Å². The van der Waals surface area contributed by atoms with Crippen LogP contribution in [0.25, 0.3) is 9.75 Å². The lowest BCUT2D eigenvalue weighted by molar-refractivity contribution is 0.563. The van der Waals surface area contributed by atoms with Gasteiger partial charge in [-0.05, 0) is 35.8 Å². The second-order valence-corrected chi connectivity index (χ2v) is 5.83. The molecule has 1 aliphatic rings. The molecule has 2 aromatic heterocycles. The minimum atomic E-state index is 0.0891. The molecule has 3 rings (SSSR count). The van der Waals surface area contributed by atoms with E-state index < -0.39 is 0 Å². The molecule has 16 heavy (non-hydrogen) atoms. The minimum Gasteiger partial charge on any atom is -0.340 e. The molecule has 0 bridgehead atoms. The molecule has 0 aromatic carbocycles. The SMILES string of the molecule is S=C1NNC(c2ccc(-c3cccs3)s2)N1. The summed E-state index contributed by atoms with van der Waals surface area (Å²) >= 11 is 8.54.